The van der Waals surface area contributed by atoms with E-state index in [1.807, 2.05) is 0 Å². The molecule has 3 aliphatic heterocycles. The highest BCUT2D eigenvalue weighted by molar-refractivity contribution is 5.66. The van der Waals surface area contributed by atoms with E-state index >= 15 is 0 Å². The van der Waals surface area contributed by atoms with E-state index in [4.69, 9.17) is 9.47 Å². The number of nitrogens with one attached hydrogen (secondary N) is 2. The van der Waals surface area contributed by atoms with E-state index in [2.05, 4.69) is 89.4 Å². The fourth-order valence-corrected chi connectivity index (χ4v) is 5.10. The summed E-state index contributed by atoms with van der Waals surface area (Å²) >= 11 is 0. The highest BCUT2D eigenvalue weighted by Crippen LogP contribution is 2.49. The molecule has 152 valence electrons. The average Bonchev–Trinajstić information content (AvgIpc) is 3.40. The van der Waals surface area contributed by atoms with Crippen molar-refractivity contribution in [1.29, 1.82) is 0 Å². The third kappa shape index (κ3) is 2.93. The summed E-state index contributed by atoms with van der Waals surface area (Å²) in [6.45, 7) is 4.28. The van der Waals surface area contributed by atoms with Crippen molar-refractivity contribution in [3.63, 3.8) is 0 Å². The molecule has 3 aromatic carbocycles. The minimum Gasteiger partial charge on any atom is -0.454 e. The van der Waals surface area contributed by atoms with Gasteiger partial charge in [-0.05, 0) is 29.7 Å². The lowest BCUT2D eigenvalue weighted by Gasteiger charge is -2.39. The summed E-state index contributed by atoms with van der Waals surface area (Å²) in [4.78, 5) is 2.50. The van der Waals surface area contributed by atoms with Gasteiger partial charge in [0.1, 0.15) is 0 Å². The van der Waals surface area contributed by atoms with Crippen molar-refractivity contribution in [3.8, 4) is 11.5 Å². The van der Waals surface area contributed by atoms with Crippen LogP contribution in [0.4, 0.5) is 5.69 Å². The van der Waals surface area contributed by atoms with Crippen LogP contribution in [0.1, 0.15) is 34.3 Å². The molecule has 0 radical (unpaired) electrons. The zero-order valence-electron chi connectivity index (χ0n) is 17.0. The summed E-state index contributed by atoms with van der Waals surface area (Å²) in [5.74, 6) is 2.09. The van der Waals surface area contributed by atoms with Gasteiger partial charge in [-0.15, -0.1) is 0 Å². The van der Waals surface area contributed by atoms with Gasteiger partial charge in [0, 0.05) is 30.8 Å². The zero-order chi connectivity index (χ0) is 20.1. The van der Waals surface area contributed by atoms with Gasteiger partial charge in [0.2, 0.25) is 6.79 Å². The van der Waals surface area contributed by atoms with Crippen LogP contribution >= 0.6 is 0 Å². The van der Waals surface area contributed by atoms with Crippen LogP contribution < -0.4 is 25.2 Å². The normalized spacial score (nSPS) is 23.9. The number of hydrazine groups is 1. The molecular weight excluding hydrogens is 374 g/mol. The van der Waals surface area contributed by atoms with Crippen LogP contribution in [-0.2, 0) is 6.54 Å². The second kappa shape index (κ2) is 7.04. The lowest BCUT2D eigenvalue weighted by molar-refractivity contribution is 0.174. The van der Waals surface area contributed by atoms with E-state index in [1.165, 1.54) is 27.9 Å². The maximum Gasteiger partial charge on any atom is 0.231 e. The Labute approximate surface area is 176 Å². The molecule has 1 fully saturated rings. The number of hydrogen-bond donors (Lipinski definition) is 2. The third-order valence-corrected chi connectivity index (χ3v) is 6.49. The number of nitrogens with zero attached hydrogens (tertiary/aromatic N) is 1. The first kappa shape index (κ1) is 17.8. The van der Waals surface area contributed by atoms with Crippen LogP contribution in [0.5, 0.6) is 11.5 Å². The predicted octanol–water partition coefficient (Wildman–Crippen LogP) is 4.25. The molecule has 5 nitrogen and oxygen atoms in total. The highest BCUT2D eigenvalue weighted by atomic mass is 16.7. The number of benzene rings is 3. The molecule has 0 bridgehead atoms. The van der Waals surface area contributed by atoms with Gasteiger partial charge in [-0.2, -0.15) is 0 Å². The molecule has 3 aliphatic rings. The summed E-state index contributed by atoms with van der Waals surface area (Å²) in [5.41, 5.74) is 13.6. The van der Waals surface area contributed by atoms with Crippen LogP contribution in [-0.4, -0.2) is 13.3 Å². The van der Waals surface area contributed by atoms with Crippen molar-refractivity contribution in [2.45, 2.75) is 25.6 Å². The molecule has 3 atom stereocenters. The first-order valence-corrected chi connectivity index (χ1v) is 10.6. The standard InChI is InChI=1S/C25H25N3O2/c1-16-6-5-7-17(10-16)13-28-14-20-24(18-8-3-2-4-9-18)26-27-25(20)19-11-22-23(12-21(19)28)30-15-29-22/h2-12,20,24-27H,13-15H2,1H3. The minimum absolute atomic E-state index is 0.230. The molecule has 6 rings (SSSR count). The molecule has 3 aromatic rings. The third-order valence-electron chi connectivity index (χ3n) is 6.49. The SMILES string of the molecule is Cc1cccc(CN2CC3C(c4ccccc4)NNC3c3cc4c(cc32)OCO4)c1. The lowest BCUT2D eigenvalue weighted by Crippen LogP contribution is -2.39. The lowest BCUT2D eigenvalue weighted by atomic mass is 9.81. The second-order valence-corrected chi connectivity index (χ2v) is 8.45. The maximum atomic E-state index is 5.70. The Morgan fingerprint density at radius 1 is 0.900 bits per heavy atom. The Morgan fingerprint density at radius 2 is 1.70 bits per heavy atom. The van der Waals surface area contributed by atoms with Gasteiger partial charge in [0.05, 0.1) is 12.1 Å². The quantitative estimate of drug-likeness (QED) is 0.689. The molecule has 0 aromatic heterocycles. The first-order chi connectivity index (χ1) is 14.8. The average molecular weight is 399 g/mol. The molecule has 0 spiro atoms. The second-order valence-electron chi connectivity index (χ2n) is 8.45. The van der Waals surface area contributed by atoms with Gasteiger partial charge in [-0.1, -0.05) is 60.2 Å². The molecule has 2 N–H and O–H groups in total. The number of ether oxygens (including phenoxy) is 2. The molecule has 3 heterocycles. The summed E-state index contributed by atoms with van der Waals surface area (Å²) < 4.78 is 11.4. The summed E-state index contributed by atoms with van der Waals surface area (Å²) in [7, 11) is 0. The number of aryl methyl sites for hydroxylation is 1. The summed E-state index contributed by atoms with van der Waals surface area (Å²) in [6.07, 6.45) is 0. The smallest absolute Gasteiger partial charge is 0.231 e. The monoisotopic (exact) mass is 399 g/mol. The van der Waals surface area contributed by atoms with Crippen LogP contribution in [0.2, 0.25) is 0 Å². The number of anilines is 1. The highest BCUT2D eigenvalue weighted by Gasteiger charge is 2.44. The Balaban J connectivity index is 1.41. The van der Waals surface area contributed by atoms with Crippen molar-refractivity contribution < 1.29 is 9.47 Å². The molecule has 0 saturated carbocycles. The van der Waals surface area contributed by atoms with E-state index in [1.54, 1.807) is 0 Å². The zero-order valence-corrected chi connectivity index (χ0v) is 17.0. The predicted molar refractivity (Wildman–Crippen MR) is 116 cm³/mol. The molecule has 5 heteroatoms. The van der Waals surface area contributed by atoms with E-state index in [9.17, 15) is 0 Å². The van der Waals surface area contributed by atoms with Crippen molar-refractivity contribution >= 4 is 5.69 Å². The van der Waals surface area contributed by atoms with E-state index in [0.29, 0.717) is 12.7 Å². The Bertz CT molecular complexity index is 1090. The van der Waals surface area contributed by atoms with Crippen LogP contribution in [0.25, 0.3) is 0 Å². The topological polar surface area (TPSA) is 45.8 Å². The van der Waals surface area contributed by atoms with E-state index in [0.717, 1.165) is 24.6 Å². The molecule has 1 saturated heterocycles. The maximum absolute atomic E-state index is 5.70. The van der Waals surface area contributed by atoms with E-state index < -0.39 is 0 Å². The number of fused-ring (bicyclic) bond motifs is 4. The fourth-order valence-electron chi connectivity index (χ4n) is 5.10. The Morgan fingerprint density at radius 3 is 2.53 bits per heavy atom. The Kier molecular flexibility index (Phi) is 4.18. The van der Waals surface area contributed by atoms with Crippen molar-refractivity contribution in [1.82, 2.24) is 10.9 Å². The van der Waals surface area contributed by atoms with Gasteiger partial charge >= 0.3 is 0 Å². The van der Waals surface area contributed by atoms with Crippen LogP contribution in [0.15, 0.2) is 66.7 Å². The minimum atomic E-state index is 0.230. The molecule has 0 aliphatic carbocycles. The van der Waals surface area contributed by atoms with Gasteiger partial charge in [0.15, 0.2) is 11.5 Å². The number of rotatable bonds is 3. The summed E-state index contributed by atoms with van der Waals surface area (Å²) in [5, 5.41) is 0. The molecule has 30 heavy (non-hydrogen) atoms. The van der Waals surface area contributed by atoms with Crippen molar-refractivity contribution in [2.75, 3.05) is 18.2 Å². The molecular formula is C25H25N3O2. The first-order valence-electron chi connectivity index (χ1n) is 10.6. The van der Waals surface area contributed by atoms with Crippen molar-refractivity contribution in [2.24, 2.45) is 5.92 Å². The van der Waals surface area contributed by atoms with Crippen LogP contribution in [0, 0.1) is 12.8 Å². The van der Waals surface area contributed by atoms with Crippen molar-refractivity contribution in [3.05, 3.63) is 89.0 Å². The largest absolute Gasteiger partial charge is 0.454 e. The van der Waals surface area contributed by atoms with Gasteiger partial charge in [-0.25, -0.2) is 10.9 Å². The van der Waals surface area contributed by atoms with Gasteiger partial charge in [-0.3, -0.25) is 0 Å². The number of hydrogen-bond acceptors (Lipinski definition) is 5. The van der Waals surface area contributed by atoms with Gasteiger partial charge < -0.3 is 14.4 Å². The molecule has 0 amide bonds. The summed E-state index contributed by atoms with van der Waals surface area (Å²) in [6, 6.07) is 24.3. The van der Waals surface area contributed by atoms with E-state index in [-0.39, 0.29) is 12.1 Å². The fraction of sp³-hybridized carbons (Fsp3) is 0.280. The van der Waals surface area contributed by atoms with Gasteiger partial charge in [0.25, 0.3) is 0 Å². The molecule has 3 unspecified atom stereocenters. The van der Waals surface area contributed by atoms with Crippen LogP contribution in [0.3, 0.4) is 0 Å². The Hall–Kier alpha value is -3.02.